The number of thioether (sulfide) groups is 1. The highest BCUT2D eigenvalue weighted by atomic mass is 32.2. The molecule has 4 nitrogen and oxygen atoms in total. The van der Waals surface area contributed by atoms with Crippen molar-refractivity contribution in [1.82, 2.24) is 5.32 Å². The highest BCUT2D eigenvalue weighted by molar-refractivity contribution is 7.98. The van der Waals surface area contributed by atoms with E-state index in [0.29, 0.717) is 0 Å². The van der Waals surface area contributed by atoms with Crippen LogP contribution >= 0.6 is 11.8 Å². The van der Waals surface area contributed by atoms with E-state index in [4.69, 9.17) is 10.9 Å². The van der Waals surface area contributed by atoms with E-state index in [9.17, 15) is 0 Å². The Labute approximate surface area is 106 Å². The molecule has 0 spiro atoms. The van der Waals surface area contributed by atoms with Crippen LogP contribution in [0, 0.1) is 0 Å². The van der Waals surface area contributed by atoms with Crippen molar-refractivity contribution in [3.63, 3.8) is 0 Å². The largest absolute Gasteiger partial charge is 0.409 e. The average molecular weight is 253 g/mol. The molecule has 0 fully saturated rings. The standard InChI is InChI=1S/C12H19N3OS/c1-17-8-4-7-14-9-10-5-2-3-6-11(10)12(13)15-16/h2-3,5-6,14,16H,4,7-9H2,1H3,(H2,13,15). The number of oxime groups is 1. The number of amidine groups is 1. The minimum Gasteiger partial charge on any atom is -0.409 e. The zero-order valence-corrected chi connectivity index (χ0v) is 10.8. The van der Waals surface area contributed by atoms with Crippen molar-refractivity contribution in [2.75, 3.05) is 18.6 Å². The summed E-state index contributed by atoms with van der Waals surface area (Å²) in [4.78, 5) is 0. The van der Waals surface area contributed by atoms with Crippen LogP contribution in [0.2, 0.25) is 0 Å². The first-order chi connectivity index (χ1) is 8.29. The summed E-state index contributed by atoms with van der Waals surface area (Å²) in [5.74, 6) is 1.32. The van der Waals surface area contributed by atoms with Gasteiger partial charge in [-0.15, -0.1) is 0 Å². The number of nitrogens with two attached hydrogens (primary N) is 1. The van der Waals surface area contributed by atoms with Gasteiger partial charge in [-0.25, -0.2) is 0 Å². The normalized spacial score (nSPS) is 11.7. The Kier molecular flexibility index (Phi) is 6.50. The lowest BCUT2D eigenvalue weighted by molar-refractivity contribution is 0.318. The molecule has 1 rings (SSSR count). The van der Waals surface area contributed by atoms with Crippen LogP contribution in [0.3, 0.4) is 0 Å². The lowest BCUT2D eigenvalue weighted by atomic mass is 10.1. The summed E-state index contributed by atoms with van der Waals surface area (Å²) < 4.78 is 0. The first-order valence-electron chi connectivity index (χ1n) is 5.55. The van der Waals surface area contributed by atoms with Crippen molar-refractivity contribution in [3.05, 3.63) is 35.4 Å². The van der Waals surface area contributed by atoms with Crippen LogP contribution in [0.25, 0.3) is 0 Å². The molecule has 1 aromatic rings. The fourth-order valence-corrected chi connectivity index (χ4v) is 1.98. The third-order valence-corrected chi connectivity index (χ3v) is 3.12. The van der Waals surface area contributed by atoms with Gasteiger partial charge in [-0.3, -0.25) is 0 Å². The summed E-state index contributed by atoms with van der Waals surface area (Å²) in [5.41, 5.74) is 7.45. The molecule has 4 N–H and O–H groups in total. The van der Waals surface area contributed by atoms with E-state index in [1.165, 1.54) is 0 Å². The van der Waals surface area contributed by atoms with E-state index in [1.54, 1.807) is 0 Å². The van der Waals surface area contributed by atoms with Crippen molar-refractivity contribution in [2.45, 2.75) is 13.0 Å². The fourth-order valence-electron chi connectivity index (χ4n) is 1.54. The third-order valence-electron chi connectivity index (χ3n) is 2.42. The van der Waals surface area contributed by atoms with Gasteiger partial charge >= 0.3 is 0 Å². The van der Waals surface area contributed by atoms with Crippen molar-refractivity contribution in [3.8, 4) is 0 Å². The number of benzene rings is 1. The SMILES string of the molecule is CSCCCNCc1ccccc1C(N)=NO. The topological polar surface area (TPSA) is 70.6 Å². The second kappa shape index (κ2) is 7.97. The van der Waals surface area contributed by atoms with E-state index in [0.717, 1.165) is 36.4 Å². The highest BCUT2D eigenvalue weighted by Crippen LogP contribution is 2.08. The van der Waals surface area contributed by atoms with Crippen LogP contribution in [0.15, 0.2) is 29.4 Å². The molecule has 0 atom stereocenters. The minimum absolute atomic E-state index is 0.159. The molecular weight excluding hydrogens is 234 g/mol. The molecule has 0 aromatic heterocycles. The van der Waals surface area contributed by atoms with Crippen LogP contribution in [0.5, 0.6) is 0 Å². The zero-order chi connectivity index (χ0) is 12.5. The quantitative estimate of drug-likeness (QED) is 0.227. The van der Waals surface area contributed by atoms with Crippen LogP contribution in [0.1, 0.15) is 17.5 Å². The second-order valence-corrected chi connectivity index (χ2v) is 4.65. The smallest absolute Gasteiger partial charge is 0.170 e. The Balaban J connectivity index is 2.53. The maximum absolute atomic E-state index is 8.69. The number of nitrogens with zero attached hydrogens (tertiary/aromatic N) is 1. The number of nitrogens with one attached hydrogen (secondary N) is 1. The molecule has 0 aliphatic carbocycles. The Morgan fingerprint density at radius 1 is 1.47 bits per heavy atom. The summed E-state index contributed by atoms with van der Waals surface area (Å²) in [5, 5.41) is 15.1. The van der Waals surface area contributed by atoms with Crippen molar-refractivity contribution >= 4 is 17.6 Å². The Hall–Kier alpha value is -1.20. The molecule has 0 heterocycles. The molecular formula is C12H19N3OS. The maximum Gasteiger partial charge on any atom is 0.170 e. The molecule has 0 aliphatic heterocycles. The summed E-state index contributed by atoms with van der Waals surface area (Å²) in [7, 11) is 0. The number of hydrogen-bond donors (Lipinski definition) is 3. The molecule has 0 aliphatic rings. The third kappa shape index (κ3) is 4.66. The summed E-state index contributed by atoms with van der Waals surface area (Å²) >= 11 is 1.85. The van der Waals surface area contributed by atoms with Gasteiger partial charge in [-0.05, 0) is 30.5 Å². The Morgan fingerprint density at radius 3 is 2.94 bits per heavy atom. The lowest BCUT2D eigenvalue weighted by Gasteiger charge is -2.09. The van der Waals surface area contributed by atoms with Gasteiger partial charge in [0.2, 0.25) is 0 Å². The predicted molar refractivity (Wildman–Crippen MR) is 73.7 cm³/mol. The molecule has 0 radical (unpaired) electrons. The molecule has 5 heteroatoms. The van der Waals surface area contributed by atoms with Gasteiger partial charge in [-0.1, -0.05) is 29.4 Å². The van der Waals surface area contributed by atoms with Gasteiger partial charge in [0.1, 0.15) is 0 Å². The second-order valence-electron chi connectivity index (χ2n) is 3.67. The van der Waals surface area contributed by atoms with E-state index >= 15 is 0 Å². The van der Waals surface area contributed by atoms with Gasteiger partial charge in [-0.2, -0.15) is 11.8 Å². The van der Waals surface area contributed by atoms with E-state index in [-0.39, 0.29) is 5.84 Å². The van der Waals surface area contributed by atoms with Crippen LogP contribution in [0.4, 0.5) is 0 Å². The van der Waals surface area contributed by atoms with Gasteiger partial charge < -0.3 is 16.3 Å². The number of hydrogen-bond acceptors (Lipinski definition) is 4. The molecule has 94 valence electrons. The zero-order valence-electron chi connectivity index (χ0n) is 10.0. The first-order valence-corrected chi connectivity index (χ1v) is 6.94. The molecule has 0 saturated carbocycles. The van der Waals surface area contributed by atoms with E-state index in [1.807, 2.05) is 36.0 Å². The fraction of sp³-hybridized carbons (Fsp3) is 0.417. The van der Waals surface area contributed by atoms with Crippen LogP contribution < -0.4 is 11.1 Å². The molecule has 0 bridgehead atoms. The Morgan fingerprint density at radius 2 is 2.24 bits per heavy atom. The summed E-state index contributed by atoms with van der Waals surface area (Å²) in [6.07, 6.45) is 3.25. The van der Waals surface area contributed by atoms with Gasteiger partial charge in [0.15, 0.2) is 5.84 Å². The van der Waals surface area contributed by atoms with E-state index < -0.39 is 0 Å². The summed E-state index contributed by atoms with van der Waals surface area (Å²) in [6, 6.07) is 7.67. The molecule has 0 saturated heterocycles. The molecule has 17 heavy (non-hydrogen) atoms. The van der Waals surface area contributed by atoms with Crippen LogP contribution in [-0.4, -0.2) is 29.6 Å². The predicted octanol–water partition coefficient (Wildman–Crippen LogP) is 1.62. The Bertz CT molecular complexity index is 369. The lowest BCUT2D eigenvalue weighted by Crippen LogP contribution is -2.20. The molecule has 0 amide bonds. The molecule has 1 aromatic carbocycles. The number of rotatable bonds is 7. The average Bonchev–Trinajstić information content (AvgIpc) is 2.38. The van der Waals surface area contributed by atoms with Crippen molar-refractivity contribution in [1.29, 1.82) is 0 Å². The highest BCUT2D eigenvalue weighted by Gasteiger charge is 2.05. The van der Waals surface area contributed by atoms with Gasteiger partial charge in [0, 0.05) is 12.1 Å². The van der Waals surface area contributed by atoms with Crippen molar-refractivity contribution < 1.29 is 5.21 Å². The van der Waals surface area contributed by atoms with Gasteiger partial charge in [0.25, 0.3) is 0 Å². The van der Waals surface area contributed by atoms with Crippen molar-refractivity contribution in [2.24, 2.45) is 10.9 Å². The summed E-state index contributed by atoms with van der Waals surface area (Å²) in [6.45, 7) is 1.71. The van der Waals surface area contributed by atoms with Gasteiger partial charge in [0.05, 0.1) is 0 Å². The van der Waals surface area contributed by atoms with E-state index in [2.05, 4.69) is 16.7 Å². The molecule has 0 unspecified atom stereocenters. The minimum atomic E-state index is 0.159. The monoisotopic (exact) mass is 253 g/mol. The first kappa shape index (κ1) is 13.9. The maximum atomic E-state index is 8.69. The van der Waals surface area contributed by atoms with Crippen LogP contribution in [-0.2, 0) is 6.54 Å².